The zero-order valence-corrected chi connectivity index (χ0v) is 9.47. The first-order chi connectivity index (χ1) is 6.70. The molecule has 14 heavy (non-hydrogen) atoms. The number of nitrogens with zero attached hydrogens (tertiary/aromatic N) is 1. The molecule has 3 heteroatoms. The molecule has 0 aliphatic carbocycles. The molecular formula is C11H10BrNO. The summed E-state index contributed by atoms with van der Waals surface area (Å²) in [5, 5.41) is 8.76. The van der Waals surface area contributed by atoms with Crippen LogP contribution in [0.15, 0.2) is 22.7 Å². The van der Waals surface area contributed by atoms with E-state index in [9.17, 15) is 4.79 Å². The largest absolute Gasteiger partial charge is 0.294 e. The number of halogens is 1. The average Bonchev–Trinajstić information content (AvgIpc) is 2.18. The van der Waals surface area contributed by atoms with Gasteiger partial charge in [-0.3, -0.25) is 4.79 Å². The third-order valence-corrected chi connectivity index (χ3v) is 2.75. The van der Waals surface area contributed by atoms with E-state index in [0.717, 1.165) is 6.42 Å². The predicted octanol–water partition coefficient (Wildman–Crippen LogP) is 3.30. The predicted molar refractivity (Wildman–Crippen MR) is 58.1 cm³/mol. The van der Waals surface area contributed by atoms with Gasteiger partial charge in [0.15, 0.2) is 5.78 Å². The van der Waals surface area contributed by atoms with E-state index >= 15 is 0 Å². The first-order valence-corrected chi connectivity index (χ1v) is 5.21. The Labute approximate surface area is 91.7 Å². The molecule has 72 valence electrons. The molecule has 0 spiro atoms. The number of ketones is 1. The van der Waals surface area contributed by atoms with Crippen molar-refractivity contribution in [2.75, 3.05) is 0 Å². The molecule has 0 fully saturated rings. The lowest BCUT2D eigenvalue weighted by Crippen LogP contribution is -2.00. The number of Topliss-reactive ketones (excluding diaryl/α,β-unsaturated/α-hetero) is 1. The average molecular weight is 252 g/mol. The minimum Gasteiger partial charge on any atom is -0.294 e. The maximum absolute atomic E-state index is 11.6. The van der Waals surface area contributed by atoms with E-state index in [2.05, 4.69) is 15.9 Å². The van der Waals surface area contributed by atoms with E-state index in [1.165, 1.54) is 0 Å². The molecule has 0 saturated carbocycles. The zero-order chi connectivity index (χ0) is 10.6. The Kier molecular flexibility index (Phi) is 3.84. The van der Waals surface area contributed by atoms with Crippen LogP contribution < -0.4 is 0 Å². The van der Waals surface area contributed by atoms with Crippen molar-refractivity contribution in [3.63, 3.8) is 0 Å². The smallest absolute Gasteiger partial charge is 0.164 e. The van der Waals surface area contributed by atoms with Crippen molar-refractivity contribution in [1.82, 2.24) is 0 Å². The van der Waals surface area contributed by atoms with Crippen LogP contribution in [0, 0.1) is 11.3 Å². The standard InChI is InChI=1S/C11H10BrNO/c1-2-4-10(14)9-6-3-5-8(7-13)11(9)12/h3,5-6H,2,4H2,1H3. The molecular weight excluding hydrogens is 242 g/mol. The van der Waals surface area contributed by atoms with Crippen molar-refractivity contribution in [3.05, 3.63) is 33.8 Å². The summed E-state index contributed by atoms with van der Waals surface area (Å²) in [6, 6.07) is 7.19. The van der Waals surface area contributed by atoms with E-state index in [-0.39, 0.29) is 5.78 Å². The van der Waals surface area contributed by atoms with Crippen LogP contribution in [0.5, 0.6) is 0 Å². The number of nitriles is 1. The summed E-state index contributed by atoms with van der Waals surface area (Å²) >= 11 is 3.27. The maximum Gasteiger partial charge on any atom is 0.164 e. The number of carbonyl (C=O) groups excluding carboxylic acids is 1. The minimum absolute atomic E-state index is 0.0801. The molecule has 1 rings (SSSR count). The van der Waals surface area contributed by atoms with Gasteiger partial charge in [-0.05, 0) is 28.4 Å². The van der Waals surface area contributed by atoms with Crippen LogP contribution >= 0.6 is 15.9 Å². The molecule has 1 aromatic rings. The first kappa shape index (κ1) is 10.9. The van der Waals surface area contributed by atoms with Crippen LogP contribution in [0.1, 0.15) is 35.7 Å². The van der Waals surface area contributed by atoms with E-state index in [1.54, 1.807) is 18.2 Å². The number of hydrogen-bond acceptors (Lipinski definition) is 2. The lowest BCUT2D eigenvalue weighted by Gasteiger charge is -2.03. The Morgan fingerprint density at radius 2 is 2.29 bits per heavy atom. The highest BCUT2D eigenvalue weighted by Crippen LogP contribution is 2.22. The molecule has 0 bridgehead atoms. The molecule has 0 radical (unpaired) electrons. The molecule has 0 aromatic heterocycles. The lowest BCUT2D eigenvalue weighted by molar-refractivity contribution is 0.0981. The summed E-state index contributed by atoms with van der Waals surface area (Å²) in [4.78, 5) is 11.6. The Balaban J connectivity index is 3.11. The van der Waals surface area contributed by atoms with Gasteiger partial charge >= 0.3 is 0 Å². The quantitative estimate of drug-likeness (QED) is 0.774. The lowest BCUT2D eigenvalue weighted by atomic mass is 10.0. The summed E-state index contributed by atoms with van der Waals surface area (Å²) in [6.45, 7) is 1.96. The van der Waals surface area contributed by atoms with Crippen LogP contribution in [0.4, 0.5) is 0 Å². The van der Waals surface area contributed by atoms with Gasteiger partial charge in [0, 0.05) is 16.5 Å². The van der Waals surface area contributed by atoms with E-state index in [0.29, 0.717) is 22.0 Å². The molecule has 2 nitrogen and oxygen atoms in total. The van der Waals surface area contributed by atoms with Gasteiger partial charge in [0.1, 0.15) is 6.07 Å². The summed E-state index contributed by atoms with van der Waals surface area (Å²) in [7, 11) is 0. The Bertz CT molecular complexity index is 393. The molecule has 0 atom stereocenters. The van der Waals surface area contributed by atoms with Crippen LogP contribution in [0.25, 0.3) is 0 Å². The molecule has 0 aliphatic rings. The van der Waals surface area contributed by atoms with Crippen molar-refractivity contribution >= 4 is 21.7 Å². The van der Waals surface area contributed by atoms with Crippen LogP contribution in [0.2, 0.25) is 0 Å². The second-order valence-electron chi connectivity index (χ2n) is 2.95. The molecule has 1 aromatic carbocycles. The van der Waals surface area contributed by atoms with Crippen LogP contribution in [-0.4, -0.2) is 5.78 Å². The fourth-order valence-electron chi connectivity index (χ4n) is 1.20. The minimum atomic E-state index is 0.0801. The summed E-state index contributed by atoms with van der Waals surface area (Å²) in [5.41, 5.74) is 1.11. The van der Waals surface area contributed by atoms with Crippen molar-refractivity contribution in [2.45, 2.75) is 19.8 Å². The number of rotatable bonds is 3. The second-order valence-corrected chi connectivity index (χ2v) is 3.75. The van der Waals surface area contributed by atoms with Gasteiger partial charge in [-0.1, -0.05) is 19.1 Å². The van der Waals surface area contributed by atoms with Crippen molar-refractivity contribution in [2.24, 2.45) is 0 Å². The fraction of sp³-hybridized carbons (Fsp3) is 0.273. The monoisotopic (exact) mass is 251 g/mol. The SMILES string of the molecule is CCCC(=O)c1cccc(C#N)c1Br. The highest BCUT2D eigenvalue weighted by molar-refractivity contribution is 9.10. The van der Waals surface area contributed by atoms with Crippen LogP contribution in [-0.2, 0) is 0 Å². The van der Waals surface area contributed by atoms with Crippen molar-refractivity contribution in [1.29, 1.82) is 5.26 Å². The second kappa shape index (κ2) is 4.92. The Hall–Kier alpha value is -1.14. The molecule has 0 aliphatic heterocycles. The van der Waals surface area contributed by atoms with Gasteiger partial charge in [-0.25, -0.2) is 0 Å². The van der Waals surface area contributed by atoms with E-state index in [4.69, 9.17) is 5.26 Å². The van der Waals surface area contributed by atoms with Crippen molar-refractivity contribution < 1.29 is 4.79 Å². The summed E-state index contributed by atoms with van der Waals surface area (Å²) in [6.07, 6.45) is 1.34. The van der Waals surface area contributed by atoms with Gasteiger partial charge in [0.05, 0.1) is 5.56 Å². The van der Waals surface area contributed by atoms with E-state index in [1.807, 2.05) is 13.0 Å². The molecule has 0 saturated heterocycles. The molecule has 0 amide bonds. The van der Waals surface area contributed by atoms with Gasteiger partial charge in [-0.2, -0.15) is 5.26 Å². The van der Waals surface area contributed by atoms with Gasteiger partial charge in [-0.15, -0.1) is 0 Å². The summed E-state index contributed by atoms with van der Waals surface area (Å²) < 4.78 is 0.612. The highest BCUT2D eigenvalue weighted by Gasteiger charge is 2.11. The number of carbonyl (C=O) groups is 1. The topological polar surface area (TPSA) is 40.9 Å². The molecule has 0 unspecified atom stereocenters. The summed E-state index contributed by atoms with van der Waals surface area (Å²) in [5.74, 6) is 0.0801. The third kappa shape index (κ3) is 2.21. The van der Waals surface area contributed by atoms with Gasteiger partial charge in [0.2, 0.25) is 0 Å². The van der Waals surface area contributed by atoms with E-state index < -0.39 is 0 Å². The molecule has 0 heterocycles. The fourth-order valence-corrected chi connectivity index (χ4v) is 1.77. The van der Waals surface area contributed by atoms with Gasteiger partial charge in [0.25, 0.3) is 0 Å². The maximum atomic E-state index is 11.6. The highest BCUT2D eigenvalue weighted by atomic mass is 79.9. The van der Waals surface area contributed by atoms with Gasteiger partial charge < -0.3 is 0 Å². The number of hydrogen-bond donors (Lipinski definition) is 0. The van der Waals surface area contributed by atoms with Crippen molar-refractivity contribution in [3.8, 4) is 6.07 Å². The number of benzene rings is 1. The Morgan fingerprint density at radius 1 is 1.57 bits per heavy atom. The zero-order valence-electron chi connectivity index (χ0n) is 7.88. The normalized spacial score (nSPS) is 9.50. The third-order valence-electron chi connectivity index (χ3n) is 1.90. The first-order valence-electron chi connectivity index (χ1n) is 4.42. The Morgan fingerprint density at radius 3 is 2.86 bits per heavy atom. The van der Waals surface area contributed by atoms with Crippen LogP contribution in [0.3, 0.4) is 0 Å². The molecule has 0 N–H and O–H groups in total.